The third-order valence-electron chi connectivity index (χ3n) is 3.41. The third kappa shape index (κ3) is 3.08. The summed E-state index contributed by atoms with van der Waals surface area (Å²) in [7, 11) is 0. The van der Waals surface area contributed by atoms with E-state index in [9.17, 15) is 9.65 Å². The molecule has 0 aliphatic carbocycles. The Kier molecular flexibility index (Phi) is 4.47. The summed E-state index contributed by atoms with van der Waals surface area (Å²) in [5.74, 6) is -0.0451. The van der Waals surface area contributed by atoms with Crippen molar-refractivity contribution in [3.8, 4) is 6.07 Å². The van der Waals surface area contributed by atoms with Crippen molar-refractivity contribution in [2.45, 2.75) is 13.5 Å². The fraction of sp³-hybridized carbons (Fsp3) is 0.176. The lowest BCUT2D eigenvalue weighted by Crippen LogP contribution is -2.01. The summed E-state index contributed by atoms with van der Waals surface area (Å²) in [5.41, 5.74) is 1.91. The van der Waals surface area contributed by atoms with Crippen LogP contribution in [0.5, 0.6) is 0 Å². The van der Waals surface area contributed by atoms with Gasteiger partial charge in [-0.1, -0.05) is 18.2 Å². The average Bonchev–Trinajstić information content (AvgIpc) is 2.98. The minimum absolute atomic E-state index is 0.244. The molecular formula is C17H14FN5O. The number of hydrogen-bond acceptors (Lipinski definition) is 5. The van der Waals surface area contributed by atoms with Crippen molar-refractivity contribution >= 4 is 23.4 Å². The fourth-order valence-corrected chi connectivity index (χ4v) is 2.24. The van der Waals surface area contributed by atoms with Crippen LogP contribution in [0.25, 0.3) is 11.2 Å². The third-order valence-corrected chi connectivity index (χ3v) is 3.41. The normalized spacial score (nSPS) is 11.0. The number of nitriles is 1. The van der Waals surface area contributed by atoms with Crippen molar-refractivity contribution in [1.82, 2.24) is 14.5 Å². The van der Waals surface area contributed by atoms with Gasteiger partial charge in [-0.2, -0.15) is 10.3 Å². The van der Waals surface area contributed by atoms with E-state index in [1.165, 1.54) is 12.5 Å². The Labute approximate surface area is 137 Å². The van der Waals surface area contributed by atoms with Gasteiger partial charge in [-0.15, -0.1) is 0 Å². The predicted molar refractivity (Wildman–Crippen MR) is 87.5 cm³/mol. The second-order valence-electron chi connectivity index (χ2n) is 4.97. The first-order valence-electron chi connectivity index (χ1n) is 7.36. The van der Waals surface area contributed by atoms with Crippen molar-refractivity contribution in [2.75, 3.05) is 6.61 Å². The first-order valence-corrected chi connectivity index (χ1v) is 7.36. The van der Waals surface area contributed by atoms with E-state index in [0.717, 1.165) is 0 Å². The van der Waals surface area contributed by atoms with E-state index >= 15 is 0 Å². The lowest BCUT2D eigenvalue weighted by Gasteiger charge is -2.06. The minimum atomic E-state index is -0.289. The summed E-state index contributed by atoms with van der Waals surface area (Å²) < 4.78 is 20.6. The highest BCUT2D eigenvalue weighted by Crippen LogP contribution is 2.22. The van der Waals surface area contributed by atoms with Gasteiger partial charge in [0.15, 0.2) is 17.9 Å². The molecule has 2 aromatic heterocycles. The fourth-order valence-electron chi connectivity index (χ4n) is 2.24. The summed E-state index contributed by atoms with van der Waals surface area (Å²) in [6.45, 7) is 2.59. The Bertz CT molecular complexity index is 942. The summed E-state index contributed by atoms with van der Waals surface area (Å²) in [5, 5.41) is 9.22. The maximum atomic E-state index is 13.8. The van der Waals surface area contributed by atoms with E-state index < -0.39 is 0 Å². The quantitative estimate of drug-likeness (QED) is 0.534. The molecule has 0 amide bonds. The summed E-state index contributed by atoms with van der Waals surface area (Å²) in [6.07, 6.45) is 2.83. The number of nitrogens with zero attached hydrogens (tertiary/aromatic N) is 5. The minimum Gasteiger partial charge on any atom is -0.483 e. The van der Waals surface area contributed by atoms with Crippen molar-refractivity contribution in [3.63, 3.8) is 0 Å². The van der Waals surface area contributed by atoms with E-state index in [0.29, 0.717) is 28.9 Å². The first kappa shape index (κ1) is 15.6. The molecule has 2 heterocycles. The largest absolute Gasteiger partial charge is 0.483 e. The Hall–Kier alpha value is -3.27. The van der Waals surface area contributed by atoms with Crippen molar-refractivity contribution < 1.29 is 9.13 Å². The number of aliphatic imine (C=N–C) groups is 1. The Balaban J connectivity index is 2.03. The molecular weight excluding hydrogens is 309 g/mol. The molecule has 0 spiro atoms. The molecule has 6 nitrogen and oxygen atoms in total. The van der Waals surface area contributed by atoms with Crippen LogP contribution >= 0.6 is 0 Å². The lowest BCUT2D eigenvalue weighted by atomic mass is 10.2. The molecule has 3 rings (SSSR count). The molecule has 0 bridgehead atoms. The molecule has 3 aromatic rings. The maximum absolute atomic E-state index is 13.8. The monoisotopic (exact) mass is 323 g/mol. The first-order chi connectivity index (χ1) is 11.7. The van der Waals surface area contributed by atoms with E-state index in [2.05, 4.69) is 15.0 Å². The average molecular weight is 323 g/mol. The standard InChI is InChI=1S/C17H14FN5O/c1-2-24-11-21-16-13(8-19)7-15-17(22-16)23(10-20-15)9-12-5-3-4-6-14(12)18/h3-7,10-11H,2,9H2,1H3. The number of ether oxygens (including phenoxy) is 1. The number of pyridine rings is 1. The smallest absolute Gasteiger partial charge is 0.176 e. The van der Waals surface area contributed by atoms with Crippen LogP contribution in [0.3, 0.4) is 0 Å². The SMILES string of the molecule is CCOC=Nc1nc2c(cc1C#N)ncn2Cc1ccccc1F. The molecule has 7 heteroatoms. The van der Waals surface area contributed by atoms with Crippen LogP contribution in [0.4, 0.5) is 10.2 Å². The number of benzene rings is 1. The molecule has 0 atom stereocenters. The molecule has 0 saturated heterocycles. The van der Waals surface area contributed by atoms with Gasteiger partial charge >= 0.3 is 0 Å². The second kappa shape index (κ2) is 6.87. The Morgan fingerprint density at radius 3 is 3.00 bits per heavy atom. The molecule has 0 unspecified atom stereocenters. The number of imidazole rings is 1. The molecule has 24 heavy (non-hydrogen) atoms. The van der Waals surface area contributed by atoms with Gasteiger partial charge in [0.1, 0.15) is 17.4 Å². The van der Waals surface area contributed by atoms with Crippen LogP contribution in [0.1, 0.15) is 18.1 Å². The number of rotatable bonds is 5. The van der Waals surface area contributed by atoms with Gasteiger partial charge in [-0.3, -0.25) is 0 Å². The van der Waals surface area contributed by atoms with Gasteiger partial charge in [0.2, 0.25) is 0 Å². The van der Waals surface area contributed by atoms with Gasteiger partial charge in [-0.05, 0) is 19.1 Å². The molecule has 0 N–H and O–H groups in total. The number of halogens is 1. The van der Waals surface area contributed by atoms with Crippen LogP contribution in [0.15, 0.2) is 41.7 Å². The highest BCUT2D eigenvalue weighted by atomic mass is 19.1. The molecule has 120 valence electrons. The molecule has 1 aromatic carbocycles. The van der Waals surface area contributed by atoms with Gasteiger partial charge < -0.3 is 9.30 Å². The predicted octanol–water partition coefficient (Wildman–Crippen LogP) is 3.19. The van der Waals surface area contributed by atoms with Crippen LogP contribution in [-0.4, -0.2) is 27.5 Å². The zero-order chi connectivity index (χ0) is 16.9. The second-order valence-corrected chi connectivity index (χ2v) is 4.97. The molecule has 0 saturated carbocycles. The topological polar surface area (TPSA) is 76.1 Å². The lowest BCUT2D eigenvalue weighted by molar-refractivity contribution is 0.344. The highest BCUT2D eigenvalue weighted by molar-refractivity contribution is 5.77. The van der Waals surface area contributed by atoms with Crippen LogP contribution in [0, 0.1) is 17.1 Å². The van der Waals surface area contributed by atoms with Gasteiger partial charge in [0.25, 0.3) is 0 Å². The Morgan fingerprint density at radius 2 is 2.25 bits per heavy atom. The molecule has 0 aliphatic heterocycles. The summed E-state index contributed by atoms with van der Waals surface area (Å²) >= 11 is 0. The maximum Gasteiger partial charge on any atom is 0.176 e. The van der Waals surface area contributed by atoms with Crippen LogP contribution in [0.2, 0.25) is 0 Å². The molecule has 0 aliphatic rings. The van der Waals surface area contributed by atoms with Crippen LogP contribution < -0.4 is 0 Å². The zero-order valence-electron chi connectivity index (χ0n) is 13.0. The van der Waals surface area contributed by atoms with Crippen LogP contribution in [-0.2, 0) is 11.3 Å². The van der Waals surface area contributed by atoms with E-state index in [1.807, 2.05) is 13.0 Å². The number of aromatic nitrogens is 3. The van der Waals surface area contributed by atoms with Gasteiger partial charge in [-0.25, -0.2) is 14.4 Å². The Morgan fingerprint density at radius 1 is 1.42 bits per heavy atom. The summed E-state index contributed by atoms with van der Waals surface area (Å²) in [4.78, 5) is 12.7. The van der Waals surface area contributed by atoms with E-state index in [1.54, 1.807) is 35.2 Å². The van der Waals surface area contributed by atoms with Gasteiger partial charge in [0.05, 0.1) is 25.0 Å². The number of fused-ring (bicyclic) bond motifs is 1. The van der Waals surface area contributed by atoms with Gasteiger partial charge in [0, 0.05) is 5.56 Å². The molecule has 0 radical (unpaired) electrons. The molecule has 0 fully saturated rings. The van der Waals surface area contributed by atoms with Crippen molar-refractivity contribution in [3.05, 3.63) is 53.6 Å². The number of hydrogen-bond donors (Lipinski definition) is 0. The highest BCUT2D eigenvalue weighted by Gasteiger charge is 2.12. The zero-order valence-corrected chi connectivity index (χ0v) is 13.0. The van der Waals surface area contributed by atoms with Crippen molar-refractivity contribution in [1.29, 1.82) is 5.26 Å². The van der Waals surface area contributed by atoms with Crippen molar-refractivity contribution in [2.24, 2.45) is 4.99 Å². The van der Waals surface area contributed by atoms with E-state index in [4.69, 9.17) is 4.74 Å². The summed E-state index contributed by atoms with van der Waals surface area (Å²) in [6, 6.07) is 10.2. The van der Waals surface area contributed by atoms with E-state index in [-0.39, 0.29) is 18.2 Å².